The Balaban J connectivity index is 2.19. The average Bonchev–Trinajstić information content (AvgIpc) is 3.19. The maximum atomic E-state index is 12.6. The van der Waals surface area contributed by atoms with Crippen molar-refractivity contribution in [3.8, 4) is 0 Å². The molecule has 0 unspecified atom stereocenters. The number of hydrogen-bond acceptors (Lipinski definition) is 2. The molecular weight excluding hydrogens is 332 g/mol. The zero-order valence-electron chi connectivity index (χ0n) is 10.9. The van der Waals surface area contributed by atoms with Gasteiger partial charge in [0.1, 0.15) is 0 Å². The molecule has 1 fully saturated rings. The molecule has 6 heteroatoms. The summed E-state index contributed by atoms with van der Waals surface area (Å²) < 4.78 is 26.0. The van der Waals surface area contributed by atoms with Crippen molar-refractivity contribution < 1.29 is 18.7 Å². The summed E-state index contributed by atoms with van der Waals surface area (Å²) in [6, 6.07) is 7.36. The monoisotopic (exact) mass is 347 g/mol. The van der Waals surface area contributed by atoms with Gasteiger partial charge in [0, 0.05) is 11.0 Å². The Morgan fingerprint density at radius 3 is 2.40 bits per heavy atom. The van der Waals surface area contributed by atoms with Crippen LogP contribution in [0.25, 0.3) is 0 Å². The number of aliphatic hydroxyl groups is 1. The van der Waals surface area contributed by atoms with Crippen molar-refractivity contribution in [2.45, 2.75) is 24.7 Å². The summed E-state index contributed by atoms with van der Waals surface area (Å²) in [6.07, 6.45) is -1.26. The number of aliphatic hydroxyl groups excluding tert-OH is 1. The normalized spacial score (nSPS) is 16.2. The summed E-state index contributed by atoms with van der Waals surface area (Å²) in [7, 11) is 0. The van der Waals surface area contributed by atoms with Crippen LogP contribution < -0.4 is 0 Å². The Morgan fingerprint density at radius 2 is 1.95 bits per heavy atom. The van der Waals surface area contributed by atoms with Crippen LogP contribution in [0.1, 0.15) is 18.4 Å². The molecule has 20 heavy (non-hydrogen) atoms. The van der Waals surface area contributed by atoms with Gasteiger partial charge in [-0.2, -0.15) is 0 Å². The highest BCUT2D eigenvalue weighted by molar-refractivity contribution is 9.10. The number of halogens is 3. The lowest BCUT2D eigenvalue weighted by molar-refractivity contribution is -0.136. The van der Waals surface area contributed by atoms with Crippen LogP contribution in [0.4, 0.5) is 8.78 Å². The van der Waals surface area contributed by atoms with Gasteiger partial charge < -0.3 is 10.0 Å². The molecule has 0 saturated heterocycles. The highest BCUT2D eigenvalue weighted by Gasteiger charge is 2.53. The molecule has 0 spiro atoms. The first-order chi connectivity index (χ1) is 9.49. The molecule has 1 aliphatic carbocycles. The predicted octanol–water partition coefficient (Wildman–Crippen LogP) is 2.57. The number of carbonyl (C=O) groups excluding carboxylic acids is 1. The minimum Gasteiger partial charge on any atom is -0.395 e. The zero-order chi connectivity index (χ0) is 14.8. The van der Waals surface area contributed by atoms with Crippen LogP contribution >= 0.6 is 15.9 Å². The third-order valence-corrected chi connectivity index (χ3v) is 4.10. The van der Waals surface area contributed by atoms with Crippen molar-refractivity contribution >= 4 is 21.8 Å². The van der Waals surface area contributed by atoms with E-state index in [1.54, 1.807) is 0 Å². The van der Waals surface area contributed by atoms with Crippen LogP contribution in [0.3, 0.4) is 0 Å². The quantitative estimate of drug-likeness (QED) is 0.859. The third kappa shape index (κ3) is 3.17. The van der Waals surface area contributed by atoms with E-state index in [9.17, 15) is 13.6 Å². The van der Waals surface area contributed by atoms with E-state index < -0.39 is 18.4 Å². The summed E-state index contributed by atoms with van der Waals surface area (Å²) in [6.45, 7) is -0.992. The van der Waals surface area contributed by atoms with Gasteiger partial charge >= 0.3 is 0 Å². The first kappa shape index (κ1) is 15.4. The Morgan fingerprint density at radius 1 is 1.35 bits per heavy atom. The summed E-state index contributed by atoms with van der Waals surface area (Å²) in [4.78, 5) is 13.6. The fourth-order valence-electron chi connectivity index (χ4n) is 2.39. The van der Waals surface area contributed by atoms with Gasteiger partial charge in [0.05, 0.1) is 18.6 Å². The highest BCUT2D eigenvalue weighted by atomic mass is 79.9. The van der Waals surface area contributed by atoms with Gasteiger partial charge in [0.25, 0.3) is 6.43 Å². The molecule has 1 aromatic carbocycles. The molecule has 3 nitrogen and oxygen atoms in total. The molecule has 1 saturated carbocycles. The molecule has 1 N–H and O–H groups in total. The largest absolute Gasteiger partial charge is 0.395 e. The van der Waals surface area contributed by atoms with Crippen molar-refractivity contribution in [2.75, 3.05) is 19.7 Å². The van der Waals surface area contributed by atoms with Crippen LogP contribution in [0, 0.1) is 0 Å². The molecule has 1 amide bonds. The van der Waals surface area contributed by atoms with Gasteiger partial charge in [-0.15, -0.1) is 0 Å². The van der Waals surface area contributed by atoms with E-state index in [0.29, 0.717) is 12.8 Å². The molecule has 0 bridgehead atoms. The van der Waals surface area contributed by atoms with Crippen molar-refractivity contribution in [3.63, 3.8) is 0 Å². The number of amides is 1. The molecule has 0 aromatic heterocycles. The smallest absolute Gasteiger partial charge is 0.255 e. The summed E-state index contributed by atoms with van der Waals surface area (Å²) in [5, 5.41) is 8.95. The first-order valence-electron chi connectivity index (χ1n) is 6.44. The Hall–Kier alpha value is -1.01. The maximum absolute atomic E-state index is 12.6. The molecule has 0 aliphatic heterocycles. The van der Waals surface area contributed by atoms with Gasteiger partial charge in [0.2, 0.25) is 5.91 Å². The number of benzene rings is 1. The summed E-state index contributed by atoms with van der Waals surface area (Å²) in [5.41, 5.74) is 0.174. The number of alkyl halides is 2. The average molecular weight is 348 g/mol. The van der Waals surface area contributed by atoms with Crippen LogP contribution in [-0.2, 0) is 10.2 Å². The van der Waals surface area contributed by atoms with Gasteiger partial charge in [0.15, 0.2) is 0 Å². The van der Waals surface area contributed by atoms with Gasteiger partial charge in [-0.3, -0.25) is 4.79 Å². The van der Waals surface area contributed by atoms with Crippen molar-refractivity contribution in [1.29, 1.82) is 0 Å². The SMILES string of the molecule is O=C(N(CCO)CC(F)F)C1(c2ccc(Br)cc2)CC1. The second-order valence-electron chi connectivity index (χ2n) is 4.95. The second-order valence-corrected chi connectivity index (χ2v) is 5.87. The van der Waals surface area contributed by atoms with E-state index in [-0.39, 0.29) is 19.1 Å². The van der Waals surface area contributed by atoms with E-state index in [2.05, 4.69) is 15.9 Å². The topological polar surface area (TPSA) is 40.5 Å². The van der Waals surface area contributed by atoms with E-state index in [4.69, 9.17) is 5.11 Å². The Bertz CT molecular complexity index is 475. The van der Waals surface area contributed by atoms with Crippen LogP contribution in [0.2, 0.25) is 0 Å². The number of carbonyl (C=O) groups is 1. The molecule has 1 aliphatic rings. The molecule has 0 radical (unpaired) electrons. The van der Waals surface area contributed by atoms with Crippen molar-refractivity contribution in [1.82, 2.24) is 4.90 Å². The summed E-state index contributed by atoms with van der Waals surface area (Å²) >= 11 is 3.33. The standard InChI is InChI=1S/C14H16BrF2NO2/c15-11-3-1-10(2-4-11)14(5-6-14)13(20)18(7-8-19)9-12(16)17/h1-4,12,19H,5-9H2. The highest BCUT2D eigenvalue weighted by Crippen LogP contribution is 2.49. The van der Waals surface area contributed by atoms with E-state index in [0.717, 1.165) is 14.9 Å². The molecule has 0 atom stereocenters. The van der Waals surface area contributed by atoms with E-state index >= 15 is 0 Å². The Kier molecular flexibility index (Phi) is 4.75. The zero-order valence-corrected chi connectivity index (χ0v) is 12.4. The molecule has 110 valence electrons. The number of nitrogens with zero attached hydrogens (tertiary/aromatic N) is 1. The molecular formula is C14H16BrF2NO2. The number of hydrogen-bond donors (Lipinski definition) is 1. The van der Waals surface area contributed by atoms with Gasteiger partial charge in [-0.05, 0) is 30.5 Å². The number of rotatable bonds is 6. The van der Waals surface area contributed by atoms with E-state index in [1.807, 2.05) is 24.3 Å². The minimum absolute atomic E-state index is 0.0541. The van der Waals surface area contributed by atoms with Gasteiger partial charge in [-0.1, -0.05) is 28.1 Å². The molecule has 1 aromatic rings. The van der Waals surface area contributed by atoms with Crippen molar-refractivity contribution in [3.05, 3.63) is 34.3 Å². The lowest BCUT2D eigenvalue weighted by atomic mass is 9.94. The second kappa shape index (κ2) is 6.18. The fourth-order valence-corrected chi connectivity index (χ4v) is 2.65. The minimum atomic E-state index is -2.59. The third-order valence-electron chi connectivity index (χ3n) is 3.57. The van der Waals surface area contributed by atoms with Crippen LogP contribution in [0.5, 0.6) is 0 Å². The van der Waals surface area contributed by atoms with Crippen LogP contribution in [-0.4, -0.2) is 42.0 Å². The van der Waals surface area contributed by atoms with Crippen LogP contribution in [0.15, 0.2) is 28.7 Å². The summed E-state index contributed by atoms with van der Waals surface area (Å²) in [5.74, 6) is -0.311. The van der Waals surface area contributed by atoms with E-state index in [1.165, 1.54) is 0 Å². The molecule has 2 rings (SSSR count). The molecule has 0 heterocycles. The predicted molar refractivity (Wildman–Crippen MR) is 74.7 cm³/mol. The maximum Gasteiger partial charge on any atom is 0.255 e. The fraction of sp³-hybridized carbons (Fsp3) is 0.500. The lowest BCUT2D eigenvalue weighted by Gasteiger charge is -2.26. The van der Waals surface area contributed by atoms with Gasteiger partial charge in [-0.25, -0.2) is 8.78 Å². The first-order valence-corrected chi connectivity index (χ1v) is 7.23. The lowest BCUT2D eigenvalue weighted by Crippen LogP contribution is -2.43. The Labute approximate surface area is 124 Å². The van der Waals surface area contributed by atoms with Crippen molar-refractivity contribution in [2.24, 2.45) is 0 Å².